The van der Waals surface area contributed by atoms with Crippen LogP contribution in [-0.4, -0.2) is 19.9 Å². The summed E-state index contributed by atoms with van der Waals surface area (Å²) in [5.41, 5.74) is 1.48. The van der Waals surface area contributed by atoms with Crippen LogP contribution in [0.2, 0.25) is 0 Å². The van der Waals surface area contributed by atoms with Gasteiger partial charge in [-0.3, -0.25) is 9.59 Å². The summed E-state index contributed by atoms with van der Waals surface area (Å²) in [4.78, 5) is 37.3. The van der Waals surface area contributed by atoms with Crippen LogP contribution >= 0.6 is 0 Å². The molecule has 0 saturated carbocycles. The molecule has 6 nitrogen and oxygen atoms in total. The number of imidazole rings is 1. The molecular formula is C25H36N4O2. The Morgan fingerprint density at radius 1 is 0.871 bits per heavy atom. The van der Waals surface area contributed by atoms with E-state index in [-0.39, 0.29) is 27.2 Å². The average molecular weight is 425 g/mol. The van der Waals surface area contributed by atoms with E-state index in [1.165, 1.54) is 12.8 Å². The summed E-state index contributed by atoms with van der Waals surface area (Å²) in [6, 6.07) is 9.34. The van der Waals surface area contributed by atoms with Gasteiger partial charge in [0.2, 0.25) is 0 Å². The van der Waals surface area contributed by atoms with Gasteiger partial charge in [-0.15, -0.1) is 0 Å². The number of nitrogens with one attached hydrogen (secondary N) is 3. The lowest BCUT2D eigenvalue weighted by Gasteiger charge is -2.16. The van der Waals surface area contributed by atoms with E-state index in [4.69, 9.17) is 0 Å². The summed E-state index contributed by atoms with van der Waals surface area (Å²) in [5, 5.41) is 0.388. The van der Waals surface area contributed by atoms with Crippen molar-refractivity contribution in [3.05, 3.63) is 85.0 Å². The van der Waals surface area contributed by atoms with E-state index in [2.05, 4.69) is 33.8 Å². The Labute approximate surface area is 184 Å². The highest BCUT2D eigenvalue weighted by atomic mass is 16.1. The molecule has 0 aliphatic rings. The molecule has 2 heterocycles. The molecular weight excluding hydrogens is 388 g/mol. The normalized spacial score (nSPS) is 12.0. The molecule has 0 radical (unpaired) electrons. The predicted molar refractivity (Wildman–Crippen MR) is 130 cm³/mol. The molecule has 0 fully saturated rings. The number of aromatic nitrogens is 4. The van der Waals surface area contributed by atoms with Gasteiger partial charge in [-0.2, -0.15) is 0 Å². The minimum absolute atomic E-state index is 0.156. The molecule has 3 aromatic rings. The van der Waals surface area contributed by atoms with Gasteiger partial charge in [0.15, 0.2) is 0 Å². The molecule has 2 aromatic heterocycles. The minimum atomic E-state index is -0.371. The number of hydrogen-bond donors (Lipinski definition) is 3. The Morgan fingerprint density at radius 2 is 1.39 bits per heavy atom. The monoisotopic (exact) mass is 424 g/mol. The lowest BCUT2D eigenvalue weighted by Crippen LogP contribution is -2.46. The molecule has 0 aliphatic carbocycles. The molecule has 0 spiro atoms. The third-order valence-corrected chi connectivity index (χ3v) is 4.30. The summed E-state index contributed by atoms with van der Waals surface area (Å²) in [6.07, 6.45) is 7.44. The van der Waals surface area contributed by atoms with Gasteiger partial charge in [-0.25, -0.2) is 4.98 Å². The van der Waals surface area contributed by atoms with Crippen LogP contribution in [0.3, 0.4) is 0 Å². The quantitative estimate of drug-likeness (QED) is 0.600. The van der Waals surface area contributed by atoms with Gasteiger partial charge >= 0.3 is 0 Å². The molecule has 168 valence electrons. The second-order valence-corrected chi connectivity index (χ2v) is 7.85. The predicted octanol–water partition coefficient (Wildman–Crippen LogP) is 3.57. The lowest BCUT2D eigenvalue weighted by atomic mass is 9.90. The van der Waals surface area contributed by atoms with Crippen LogP contribution in [0.15, 0.2) is 46.2 Å². The van der Waals surface area contributed by atoms with Crippen molar-refractivity contribution in [3.63, 3.8) is 0 Å². The lowest BCUT2D eigenvalue weighted by molar-refractivity contribution is 0.571. The van der Waals surface area contributed by atoms with Crippen LogP contribution in [0.1, 0.15) is 78.3 Å². The summed E-state index contributed by atoms with van der Waals surface area (Å²) < 4.78 is 0. The Kier molecular flexibility index (Phi) is 10.5. The highest BCUT2D eigenvalue weighted by molar-refractivity contribution is 5.49. The smallest absolute Gasteiger partial charge is 0.272 e. The summed E-state index contributed by atoms with van der Waals surface area (Å²) in [6.45, 7) is 14.5. The first-order valence-electron chi connectivity index (χ1n) is 10.9. The van der Waals surface area contributed by atoms with Crippen molar-refractivity contribution in [2.45, 2.75) is 66.7 Å². The summed E-state index contributed by atoms with van der Waals surface area (Å²) >= 11 is 0. The zero-order valence-corrected chi connectivity index (χ0v) is 19.8. The molecule has 31 heavy (non-hydrogen) atoms. The average Bonchev–Trinajstić information content (AvgIpc) is 3.23. The van der Waals surface area contributed by atoms with Crippen molar-refractivity contribution < 1.29 is 0 Å². The Hall–Kier alpha value is -3.15. The van der Waals surface area contributed by atoms with Gasteiger partial charge in [0.05, 0.1) is 12.0 Å². The van der Waals surface area contributed by atoms with E-state index >= 15 is 0 Å². The van der Waals surface area contributed by atoms with E-state index in [9.17, 15) is 9.59 Å². The first kappa shape index (κ1) is 25.9. The maximum Gasteiger partial charge on any atom is 0.272 e. The van der Waals surface area contributed by atoms with E-state index in [0.29, 0.717) is 5.69 Å². The van der Waals surface area contributed by atoms with Crippen molar-refractivity contribution in [2.75, 3.05) is 0 Å². The minimum Gasteiger partial charge on any atom is -0.348 e. The highest BCUT2D eigenvalue weighted by Gasteiger charge is 2.19. The van der Waals surface area contributed by atoms with Gasteiger partial charge in [0.25, 0.3) is 11.1 Å². The van der Waals surface area contributed by atoms with Crippen LogP contribution in [0.5, 0.6) is 0 Å². The fraction of sp³-hybridized carbons (Fsp3) is 0.400. The van der Waals surface area contributed by atoms with Gasteiger partial charge < -0.3 is 15.0 Å². The second kappa shape index (κ2) is 12.5. The zero-order valence-electron chi connectivity index (χ0n) is 19.8. The standard InChI is InChI=1S/C19H20N4O2.C4H10.C2H6/c1-19(2,3)16-13(20-11-21-16)10-15-18(25)22-14(17(24)23-15)9-12-7-5-4-6-8-12;1-3-4-2;1-2/h4-11H,1-3H3,(H,20,21)(H,22,25)(H,23,24);3-4H2,1-2H3;1-2H3/b14-9-,15-10-;;. The number of aromatic amines is 3. The number of rotatable bonds is 3. The largest absolute Gasteiger partial charge is 0.348 e. The maximum atomic E-state index is 12.4. The van der Waals surface area contributed by atoms with Crippen LogP contribution in [-0.2, 0) is 5.41 Å². The third kappa shape index (κ3) is 7.89. The SMILES string of the molecule is CC.CC(C)(C)c1[nH]cnc1/C=c1\[nH]c(=O)/c(=C/c2ccccc2)[nH]c1=O.CCCC. The molecule has 0 amide bonds. The van der Waals surface area contributed by atoms with Crippen molar-refractivity contribution in [1.82, 2.24) is 19.9 Å². The third-order valence-electron chi connectivity index (χ3n) is 4.30. The first-order valence-corrected chi connectivity index (χ1v) is 10.9. The van der Waals surface area contributed by atoms with Crippen LogP contribution < -0.4 is 21.8 Å². The second-order valence-electron chi connectivity index (χ2n) is 7.85. The molecule has 0 bridgehead atoms. The summed E-state index contributed by atoms with van der Waals surface area (Å²) in [5.74, 6) is 0. The van der Waals surface area contributed by atoms with Gasteiger partial charge in [0.1, 0.15) is 10.7 Å². The van der Waals surface area contributed by atoms with Gasteiger partial charge in [0, 0.05) is 11.1 Å². The van der Waals surface area contributed by atoms with Crippen LogP contribution in [0, 0.1) is 0 Å². The van der Waals surface area contributed by atoms with Crippen molar-refractivity contribution in [1.29, 1.82) is 0 Å². The van der Waals surface area contributed by atoms with E-state index < -0.39 is 0 Å². The van der Waals surface area contributed by atoms with Crippen molar-refractivity contribution in [3.8, 4) is 0 Å². The molecule has 0 unspecified atom stereocenters. The fourth-order valence-electron chi connectivity index (χ4n) is 2.56. The summed E-state index contributed by atoms with van der Waals surface area (Å²) in [7, 11) is 0. The highest BCUT2D eigenvalue weighted by Crippen LogP contribution is 2.22. The van der Waals surface area contributed by atoms with Crippen molar-refractivity contribution >= 4 is 12.2 Å². The Bertz CT molecular complexity index is 1140. The van der Waals surface area contributed by atoms with E-state index in [1.807, 2.05) is 65.0 Å². The maximum absolute atomic E-state index is 12.4. The molecule has 1 aromatic carbocycles. The van der Waals surface area contributed by atoms with E-state index in [0.717, 1.165) is 11.3 Å². The van der Waals surface area contributed by atoms with Gasteiger partial charge in [-0.05, 0) is 17.7 Å². The number of nitrogens with zero attached hydrogens (tertiary/aromatic N) is 1. The molecule has 0 saturated heterocycles. The topological polar surface area (TPSA) is 94.4 Å². The number of hydrogen-bond acceptors (Lipinski definition) is 3. The number of unbranched alkanes of at least 4 members (excludes halogenated alkanes) is 1. The number of benzene rings is 1. The molecule has 0 aliphatic heterocycles. The number of H-pyrrole nitrogens is 3. The van der Waals surface area contributed by atoms with Crippen molar-refractivity contribution in [2.24, 2.45) is 0 Å². The first-order chi connectivity index (χ1) is 14.8. The van der Waals surface area contributed by atoms with Gasteiger partial charge in [-0.1, -0.05) is 91.6 Å². The molecule has 6 heteroatoms. The Morgan fingerprint density at radius 3 is 1.87 bits per heavy atom. The molecule has 3 rings (SSSR count). The van der Waals surface area contributed by atoms with Crippen LogP contribution in [0.4, 0.5) is 0 Å². The molecule has 3 N–H and O–H groups in total. The Balaban J connectivity index is 0.000000720. The van der Waals surface area contributed by atoms with Crippen LogP contribution in [0.25, 0.3) is 12.2 Å². The van der Waals surface area contributed by atoms with E-state index in [1.54, 1.807) is 18.5 Å². The fourth-order valence-corrected chi connectivity index (χ4v) is 2.56. The molecule has 0 atom stereocenters. The zero-order chi connectivity index (χ0) is 23.4.